The van der Waals surface area contributed by atoms with Crippen LogP contribution in [0.3, 0.4) is 0 Å². The lowest BCUT2D eigenvalue weighted by Gasteiger charge is -2.35. The minimum absolute atomic E-state index is 0.0966. The molecule has 1 fully saturated rings. The molecule has 1 saturated heterocycles. The highest BCUT2D eigenvalue weighted by Crippen LogP contribution is 2.29. The number of methoxy groups -OCH3 is 1. The van der Waals surface area contributed by atoms with Crippen LogP contribution in [0.2, 0.25) is 0 Å². The second kappa shape index (κ2) is 9.18. The number of hydrogen-bond donors (Lipinski definition) is 1. The highest BCUT2D eigenvalue weighted by molar-refractivity contribution is 5.93. The normalized spacial score (nSPS) is 13.8. The third kappa shape index (κ3) is 3.94. The van der Waals surface area contributed by atoms with Gasteiger partial charge >= 0.3 is 6.03 Å². The number of anilines is 2. The Morgan fingerprint density at radius 1 is 0.861 bits per heavy atom. The maximum absolute atomic E-state index is 12.8. The lowest BCUT2D eigenvalue weighted by molar-refractivity contribution is 0.208. The van der Waals surface area contributed by atoms with Crippen LogP contribution in [0, 0.1) is 0 Å². The summed E-state index contributed by atoms with van der Waals surface area (Å²) in [6.07, 6.45) is 0. The zero-order valence-electron chi connectivity index (χ0n) is 19.8. The summed E-state index contributed by atoms with van der Waals surface area (Å²) < 4.78 is 7.33. The van der Waals surface area contributed by atoms with Crippen LogP contribution in [-0.2, 0) is 0 Å². The summed E-state index contributed by atoms with van der Waals surface area (Å²) in [5.41, 5.74) is 3.32. The van der Waals surface area contributed by atoms with E-state index in [1.165, 1.54) is 0 Å². The molecule has 3 heterocycles. The Balaban J connectivity index is 1.33. The molecule has 1 aliphatic heterocycles. The number of urea groups is 1. The van der Waals surface area contributed by atoms with Crippen molar-refractivity contribution >= 4 is 34.2 Å². The Morgan fingerprint density at radius 2 is 1.58 bits per heavy atom. The first-order chi connectivity index (χ1) is 17.7. The molecule has 1 aliphatic rings. The van der Waals surface area contributed by atoms with E-state index in [1.54, 1.807) is 7.11 Å². The standard InChI is InChI=1S/C27H25N7O2/c1-36-21-13-11-19(12-14-21)24-30-31-25-22-9-5-6-10-23(22)29-26(34(24)25)32-15-17-33(18-16-32)27(35)28-20-7-3-2-4-8-20/h2-14H,15-18H2,1H3,(H,28,35). The number of piperazine rings is 1. The number of nitrogens with one attached hydrogen (secondary N) is 1. The summed E-state index contributed by atoms with van der Waals surface area (Å²) in [4.78, 5) is 21.8. The van der Waals surface area contributed by atoms with Gasteiger partial charge in [0.2, 0.25) is 5.95 Å². The molecule has 0 bridgehead atoms. The summed E-state index contributed by atoms with van der Waals surface area (Å²) >= 11 is 0. The van der Waals surface area contributed by atoms with Gasteiger partial charge in [-0.25, -0.2) is 14.2 Å². The summed E-state index contributed by atoms with van der Waals surface area (Å²) in [5, 5.41) is 13.0. The molecule has 0 spiro atoms. The Labute approximate surface area is 208 Å². The van der Waals surface area contributed by atoms with Crippen LogP contribution in [0.1, 0.15) is 0 Å². The Kier molecular flexibility index (Phi) is 5.57. The fourth-order valence-electron chi connectivity index (χ4n) is 4.54. The van der Waals surface area contributed by atoms with E-state index < -0.39 is 0 Å². The zero-order chi connectivity index (χ0) is 24.5. The molecule has 6 rings (SSSR count). The number of para-hydroxylation sites is 2. The van der Waals surface area contributed by atoms with Crippen LogP contribution in [0.5, 0.6) is 5.75 Å². The second-order valence-electron chi connectivity index (χ2n) is 8.61. The van der Waals surface area contributed by atoms with Crippen LogP contribution < -0.4 is 15.0 Å². The zero-order valence-corrected chi connectivity index (χ0v) is 19.8. The summed E-state index contributed by atoms with van der Waals surface area (Å²) in [5.74, 6) is 2.26. The number of amides is 2. The number of nitrogens with zero attached hydrogens (tertiary/aromatic N) is 6. The highest BCUT2D eigenvalue weighted by Gasteiger charge is 2.26. The first kappa shape index (κ1) is 21.8. The van der Waals surface area contributed by atoms with Gasteiger partial charge in [0.1, 0.15) is 5.75 Å². The number of ether oxygens (including phenoxy) is 1. The fraction of sp³-hybridized carbons (Fsp3) is 0.185. The van der Waals surface area contributed by atoms with Gasteiger partial charge in [-0.3, -0.25) is 0 Å². The average Bonchev–Trinajstić information content (AvgIpc) is 3.39. The third-order valence-corrected chi connectivity index (χ3v) is 6.45. The van der Waals surface area contributed by atoms with E-state index >= 15 is 0 Å². The van der Waals surface area contributed by atoms with Crippen molar-refractivity contribution in [2.45, 2.75) is 0 Å². The van der Waals surface area contributed by atoms with E-state index in [4.69, 9.17) is 9.72 Å². The van der Waals surface area contributed by atoms with Gasteiger partial charge in [-0.15, -0.1) is 10.2 Å². The van der Waals surface area contributed by atoms with Crippen LogP contribution in [-0.4, -0.2) is 63.8 Å². The molecular formula is C27H25N7O2. The molecule has 0 saturated carbocycles. The summed E-state index contributed by atoms with van der Waals surface area (Å²) in [6, 6.07) is 25.1. The third-order valence-electron chi connectivity index (χ3n) is 6.45. The predicted molar refractivity (Wildman–Crippen MR) is 140 cm³/mol. The maximum Gasteiger partial charge on any atom is 0.321 e. The van der Waals surface area contributed by atoms with Crippen molar-refractivity contribution < 1.29 is 9.53 Å². The number of carbonyl (C=O) groups is 1. The van der Waals surface area contributed by atoms with Gasteiger partial charge in [-0.1, -0.05) is 30.3 Å². The SMILES string of the molecule is COc1ccc(-c2nnc3c4ccccc4nc(N4CCN(C(=O)Nc5ccccc5)CC4)n23)cc1. The van der Waals surface area contributed by atoms with Gasteiger partial charge in [-0.05, 0) is 48.5 Å². The summed E-state index contributed by atoms with van der Waals surface area (Å²) in [6.45, 7) is 2.44. The van der Waals surface area contributed by atoms with Gasteiger partial charge in [0, 0.05) is 42.8 Å². The van der Waals surface area contributed by atoms with Crippen molar-refractivity contribution in [1.82, 2.24) is 24.5 Å². The molecule has 9 nitrogen and oxygen atoms in total. The van der Waals surface area contributed by atoms with E-state index in [-0.39, 0.29) is 6.03 Å². The number of hydrogen-bond acceptors (Lipinski definition) is 6. The lowest BCUT2D eigenvalue weighted by atomic mass is 10.2. The van der Waals surface area contributed by atoms with Crippen molar-refractivity contribution in [1.29, 1.82) is 0 Å². The Morgan fingerprint density at radius 3 is 2.33 bits per heavy atom. The molecule has 9 heteroatoms. The number of carbonyl (C=O) groups excluding carboxylic acids is 1. The number of benzene rings is 3. The van der Waals surface area contributed by atoms with Gasteiger partial charge in [0.15, 0.2) is 11.5 Å². The first-order valence-electron chi connectivity index (χ1n) is 11.9. The van der Waals surface area contributed by atoms with Gasteiger partial charge in [-0.2, -0.15) is 0 Å². The largest absolute Gasteiger partial charge is 0.497 e. The molecule has 36 heavy (non-hydrogen) atoms. The van der Waals surface area contributed by atoms with E-state index in [1.807, 2.05) is 88.2 Å². The fourth-order valence-corrected chi connectivity index (χ4v) is 4.54. The van der Waals surface area contributed by atoms with Crippen LogP contribution in [0.25, 0.3) is 27.9 Å². The van der Waals surface area contributed by atoms with Crippen LogP contribution in [0.4, 0.5) is 16.4 Å². The molecule has 3 aromatic carbocycles. The molecule has 1 N–H and O–H groups in total. The highest BCUT2D eigenvalue weighted by atomic mass is 16.5. The van der Waals surface area contributed by atoms with E-state index in [9.17, 15) is 4.79 Å². The molecule has 5 aromatic rings. The number of rotatable bonds is 4. The van der Waals surface area contributed by atoms with Gasteiger partial charge in [0.05, 0.1) is 12.6 Å². The van der Waals surface area contributed by atoms with Crippen molar-refractivity contribution in [3.63, 3.8) is 0 Å². The van der Waals surface area contributed by atoms with E-state index in [0.29, 0.717) is 32.0 Å². The van der Waals surface area contributed by atoms with Crippen molar-refractivity contribution in [2.75, 3.05) is 43.5 Å². The minimum Gasteiger partial charge on any atom is -0.497 e. The molecule has 2 amide bonds. The van der Waals surface area contributed by atoms with Crippen molar-refractivity contribution in [3.05, 3.63) is 78.9 Å². The number of aromatic nitrogens is 4. The van der Waals surface area contributed by atoms with E-state index in [0.717, 1.165) is 39.5 Å². The van der Waals surface area contributed by atoms with Crippen molar-refractivity contribution in [2.24, 2.45) is 0 Å². The van der Waals surface area contributed by atoms with Gasteiger partial charge < -0.3 is 19.9 Å². The monoisotopic (exact) mass is 479 g/mol. The molecule has 0 unspecified atom stereocenters. The van der Waals surface area contributed by atoms with Crippen LogP contribution >= 0.6 is 0 Å². The molecular weight excluding hydrogens is 454 g/mol. The molecule has 2 aromatic heterocycles. The predicted octanol–water partition coefficient (Wildman–Crippen LogP) is 4.31. The topological polar surface area (TPSA) is 87.9 Å². The quantitative estimate of drug-likeness (QED) is 0.413. The Hall–Kier alpha value is -4.66. The smallest absolute Gasteiger partial charge is 0.321 e. The first-order valence-corrected chi connectivity index (χ1v) is 11.9. The minimum atomic E-state index is -0.0966. The average molecular weight is 480 g/mol. The van der Waals surface area contributed by atoms with Gasteiger partial charge in [0.25, 0.3) is 0 Å². The lowest BCUT2D eigenvalue weighted by Crippen LogP contribution is -2.50. The Bertz CT molecular complexity index is 1530. The van der Waals surface area contributed by atoms with E-state index in [2.05, 4.69) is 20.4 Å². The molecule has 180 valence electrons. The van der Waals surface area contributed by atoms with Crippen LogP contribution in [0.15, 0.2) is 78.9 Å². The van der Waals surface area contributed by atoms with Crippen molar-refractivity contribution in [3.8, 4) is 17.1 Å². The molecule has 0 aliphatic carbocycles. The second-order valence-corrected chi connectivity index (χ2v) is 8.61. The molecule has 0 atom stereocenters. The number of fused-ring (bicyclic) bond motifs is 3. The maximum atomic E-state index is 12.8. The molecule has 0 radical (unpaired) electrons. The summed E-state index contributed by atoms with van der Waals surface area (Å²) in [7, 11) is 1.65.